The van der Waals surface area contributed by atoms with E-state index in [-0.39, 0.29) is 22.1 Å². The van der Waals surface area contributed by atoms with Gasteiger partial charge in [0.25, 0.3) is 16.8 Å². The first-order valence-electron chi connectivity index (χ1n) is 11.1. The summed E-state index contributed by atoms with van der Waals surface area (Å²) in [5.41, 5.74) is 3.86. The highest BCUT2D eigenvalue weighted by Gasteiger charge is 2.36. The number of ether oxygens (including phenoxy) is 1. The van der Waals surface area contributed by atoms with Crippen LogP contribution in [-0.4, -0.2) is 40.5 Å². The first-order valence-corrected chi connectivity index (χ1v) is 11.9. The van der Waals surface area contributed by atoms with Crippen LogP contribution < -0.4 is 10.1 Å². The average molecular weight is 522 g/mol. The molecule has 10 nitrogen and oxygen atoms in total. The smallest absolute Gasteiger partial charge is 0.294 e. The van der Waals surface area contributed by atoms with Crippen LogP contribution in [0.4, 0.5) is 16.2 Å². The Morgan fingerprint density at radius 3 is 2.49 bits per heavy atom. The van der Waals surface area contributed by atoms with Crippen molar-refractivity contribution in [2.24, 2.45) is 0 Å². The van der Waals surface area contributed by atoms with E-state index in [0.717, 1.165) is 21.6 Å². The van der Waals surface area contributed by atoms with Gasteiger partial charge in [0.05, 0.1) is 28.6 Å². The maximum Gasteiger partial charge on any atom is 0.294 e. The number of anilines is 1. The summed E-state index contributed by atoms with van der Waals surface area (Å²) in [5, 5.41) is 13.3. The van der Waals surface area contributed by atoms with Crippen LogP contribution in [0.1, 0.15) is 22.5 Å². The summed E-state index contributed by atoms with van der Waals surface area (Å²) in [4.78, 5) is 49.5. The van der Waals surface area contributed by atoms with Crippen molar-refractivity contribution >= 4 is 46.3 Å². The van der Waals surface area contributed by atoms with E-state index in [4.69, 9.17) is 9.15 Å². The number of benzene rings is 2. The zero-order chi connectivity index (χ0) is 26.9. The summed E-state index contributed by atoms with van der Waals surface area (Å²) >= 11 is 0.710. The molecular formula is C26H23N3O7S. The molecule has 0 unspecified atom stereocenters. The number of imide groups is 1. The van der Waals surface area contributed by atoms with Crippen molar-refractivity contribution in [1.29, 1.82) is 0 Å². The minimum Gasteiger partial charge on any atom is -0.496 e. The normalized spacial score (nSPS) is 14.4. The Kier molecular flexibility index (Phi) is 7.16. The van der Waals surface area contributed by atoms with E-state index < -0.39 is 28.5 Å². The van der Waals surface area contributed by atoms with Crippen molar-refractivity contribution in [2.75, 3.05) is 19.0 Å². The summed E-state index contributed by atoms with van der Waals surface area (Å²) < 4.78 is 11.0. The molecular weight excluding hydrogens is 498 g/mol. The topological polar surface area (TPSA) is 132 Å². The standard InChI is InChI=1S/C26H23N3O7S/c1-14-9-15(2)24(16(3)10-14)27-23(30)13-28-25(31)22(37-26(28)32)12-18-6-8-20(36-18)19-7-5-17(29(33)34)11-21(19)35-4/h5-12H,13H2,1-4H3,(H,27,30)/b22-12+. The van der Waals surface area contributed by atoms with Crippen molar-refractivity contribution in [2.45, 2.75) is 20.8 Å². The minimum absolute atomic E-state index is 0.108. The zero-order valence-electron chi connectivity index (χ0n) is 20.5. The highest BCUT2D eigenvalue weighted by atomic mass is 32.2. The van der Waals surface area contributed by atoms with Crippen molar-refractivity contribution in [3.8, 4) is 17.1 Å². The molecule has 0 aliphatic carbocycles. The number of nitrogens with one attached hydrogen (secondary N) is 1. The summed E-state index contributed by atoms with van der Waals surface area (Å²) in [6.45, 7) is 5.30. The Morgan fingerprint density at radius 1 is 1.14 bits per heavy atom. The van der Waals surface area contributed by atoms with Crippen molar-refractivity contribution < 1.29 is 28.5 Å². The van der Waals surface area contributed by atoms with Gasteiger partial charge in [0.1, 0.15) is 23.8 Å². The monoisotopic (exact) mass is 521 g/mol. The number of carbonyl (C=O) groups excluding carboxylic acids is 3. The molecule has 0 bridgehead atoms. The summed E-state index contributed by atoms with van der Waals surface area (Å²) in [7, 11) is 1.39. The van der Waals surface area contributed by atoms with Gasteiger partial charge in [0.2, 0.25) is 5.91 Å². The molecule has 1 fully saturated rings. The molecule has 0 saturated carbocycles. The lowest BCUT2D eigenvalue weighted by Gasteiger charge is -2.15. The number of nitro benzene ring substituents is 1. The molecule has 11 heteroatoms. The van der Waals surface area contributed by atoms with E-state index in [2.05, 4.69) is 5.32 Å². The van der Waals surface area contributed by atoms with Crippen LogP contribution in [0.5, 0.6) is 5.75 Å². The molecule has 2 aromatic carbocycles. The van der Waals surface area contributed by atoms with Gasteiger partial charge >= 0.3 is 0 Å². The molecule has 0 radical (unpaired) electrons. The van der Waals surface area contributed by atoms with E-state index in [9.17, 15) is 24.5 Å². The van der Waals surface area contributed by atoms with Gasteiger partial charge in [-0.15, -0.1) is 0 Å². The predicted molar refractivity (Wildman–Crippen MR) is 139 cm³/mol. The Balaban J connectivity index is 1.49. The van der Waals surface area contributed by atoms with Gasteiger partial charge < -0.3 is 14.5 Å². The van der Waals surface area contributed by atoms with Gasteiger partial charge in [-0.25, -0.2) is 0 Å². The zero-order valence-corrected chi connectivity index (χ0v) is 21.3. The largest absolute Gasteiger partial charge is 0.496 e. The fraction of sp³-hybridized carbons (Fsp3) is 0.192. The maximum absolute atomic E-state index is 12.9. The number of carbonyl (C=O) groups is 3. The fourth-order valence-electron chi connectivity index (χ4n) is 4.04. The quantitative estimate of drug-likeness (QED) is 0.246. The van der Waals surface area contributed by atoms with E-state index in [1.807, 2.05) is 32.9 Å². The molecule has 0 atom stereocenters. The molecule has 37 heavy (non-hydrogen) atoms. The van der Waals surface area contributed by atoms with Crippen LogP contribution >= 0.6 is 11.8 Å². The number of nitrogens with zero attached hydrogens (tertiary/aromatic N) is 2. The van der Waals surface area contributed by atoms with Gasteiger partial charge in [-0.3, -0.25) is 29.4 Å². The number of methoxy groups -OCH3 is 1. The molecule has 3 amide bonds. The Bertz CT molecular complexity index is 1450. The second-order valence-electron chi connectivity index (χ2n) is 8.43. The molecule has 0 spiro atoms. The van der Waals surface area contributed by atoms with Crippen LogP contribution in [-0.2, 0) is 9.59 Å². The number of nitro groups is 1. The maximum atomic E-state index is 12.9. The molecule has 1 aliphatic rings. The number of non-ortho nitro benzene ring substituents is 1. The van der Waals surface area contributed by atoms with Gasteiger partial charge in [-0.1, -0.05) is 17.7 Å². The number of hydrogen-bond donors (Lipinski definition) is 1. The summed E-state index contributed by atoms with van der Waals surface area (Å²) in [6.07, 6.45) is 1.42. The number of aryl methyl sites for hydroxylation is 3. The number of amides is 3. The molecule has 190 valence electrons. The minimum atomic E-state index is -0.603. The lowest BCUT2D eigenvalue weighted by molar-refractivity contribution is -0.384. The fourth-order valence-corrected chi connectivity index (χ4v) is 4.86. The lowest BCUT2D eigenvalue weighted by atomic mass is 10.1. The Labute approximate surface area is 216 Å². The second kappa shape index (κ2) is 10.3. The lowest BCUT2D eigenvalue weighted by Crippen LogP contribution is -2.36. The van der Waals surface area contributed by atoms with Gasteiger partial charge in [0.15, 0.2) is 0 Å². The Morgan fingerprint density at radius 2 is 1.84 bits per heavy atom. The van der Waals surface area contributed by atoms with Gasteiger partial charge in [-0.2, -0.15) is 0 Å². The third-order valence-electron chi connectivity index (χ3n) is 5.68. The molecule has 1 N–H and O–H groups in total. The molecule has 1 aromatic heterocycles. The third-order valence-corrected chi connectivity index (χ3v) is 6.59. The van der Waals surface area contributed by atoms with E-state index in [1.165, 1.54) is 31.4 Å². The summed E-state index contributed by atoms with van der Waals surface area (Å²) in [6, 6.07) is 11.2. The van der Waals surface area contributed by atoms with Crippen LogP contribution in [0.2, 0.25) is 0 Å². The van der Waals surface area contributed by atoms with Gasteiger partial charge in [0, 0.05) is 17.8 Å². The predicted octanol–water partition coefficient (Wildman–Crippen LogP) is 5.46. The van der Waals surface area contributed by atoms with E-state index in [1.54, 1.807) is 12.1 Å². The van der Waals surface area contributed by atoms with Crippen LogP contribution in [0, 0.1) is 30.9 Å². The first kappa shape index (κ1) is 25.7. The first-order chi connectivity index (χ1) is 17.6. The average Bonchev–Trinajstić information content (AvgIpc) is 3.41. The van der Waals surface area contributed by atoms with Crippen LogP contribution in [0.3, 0.4) is 0 Å². The van der Waals surface area contributed by atoms with Crippen LogP contribution in [0.15, 0.2) is 51.8 Å². The van der Waals surface area contributed by atoms with E-state index in [0.29, 0.717) is 28.8 Å². The molecule has 1 saturated heterocycles. The van der Waals surface area contributed by atoms with Crippen molar-refractivity contribution in [1.82, 2.24) is 4.90 Å². The van der Waals surface area contributed by atoms with Gasteiger partial charge in [-0.05, 0) is 61.9 Å². The molecule has 4 rings (SSSR count). The number of thioether (sulfide) groups is 1. The summed E-state index contributed by atoms with van der Waals surface area (Å²) in [5.74, 6) is -0.185. The van der Waals surface area contributed by atoms with Crippen LogP contribution in [0.25, 0.3) is 17.4 Å². The number of rotatable bonds is 7. The van der Waals surface area contributed by atoms with Crippen molar-refractivity contribution in [3.63, 3.8) is 0 Å². The molecule has 2 heterocycles. The van der Waals surface area contributed by atoms with E-state index >= 15 is 0 Å². The number of hydrogen-bond acceptors (Lipinski definition) is 8. The van der Waals surface area contributed by atoms with Crippen molar-refractivity contribution in [3.05, 3.63) is 79.9 Å². The SMILES string of the molecule is COc1cc([N+](=O)[O-])ccc1-c1ccc(/C=C2/SC(=O)N(CC(=O)Nc3c(C)cc(C)cc3C)C2=O)o1. The highest BCUT2D eigenvalue weighted by molar-refractivity contribution is 8.18. The molecule has 3 aromatic rings. The third kappa shape index (κ3) is 5.41. The second-order valence-corrected chi connectivity index (χ2v) is 9.43. The Hall–Kier alpha value is -4.38. The highest BCUT2D eigenvalue weighted by Crippen LogP contribution is 2.36. The molecule has 1 aliphatic heterocycles. The number of furan rings is 1.